The molecule has 2 heterocycles. The number of benzene rings is 1. The van der Waals surface area contributed by atoms with Gasteiger partial charge in [-0.05, 0) is 43.2 Å². The predicted octanol–water partition coefficient (Wildman–Crippen LogP) is 2.99. The molecule has 26 heavy (non-hydrogen) atoms. The highest BCUT2D eigenvalue weighted by atomic mass is 16.2. The van der Waals surface area contributed by atoms with Crippen molar-refractivity contribution in [1.82, 2.24) is 9.88 Å². The molecule has 1 aliphatic heterocycles. The zero-order chi connectivity index (χ0) is 18.1. The molecule has 3 N–H and O–H groups in total. The van der Waals surface area contributed by atoms with Gasteiger partial charge in [0.15, 0.2) is 0 Å². The van der Waals surface area contributed by atoms with Gasteiger partial charge in [-0.25, -0.2) is 0 Å². The second kappa shape index (κ2) is 6.78. The van der Waals surface area contributed by atoms with Gasteiger partial charge in [0.2, 0.25) is 11.8 Å². The van der Waals surface area contributed by atoms with Gasteiger partial charge in [0.05, 0.1) is 5.41 Å². The Kier molecular flexibility index (Phi) is 4.47. The molecule has 0 bridgehead atoms. The number of aromatic amines is 1. The fourth-order valence-electron chi connectivity index (χ4n) is 4.43. The summed E-state index contributed by atoms with van der Waals surface area (Å²) < 4.78 is 0. The van der Waals surface area contributed by atoms with Crippen molar-refractivity contribution in [3.8, 4) is 0 Å². The van der Waals surface area contributed by atoms with E-state index < -0.39 is 5.41 Å². The molecule has 1 unspecified atom stereocenters. The Bertz CT molecular complexity index is 824. The first-order chi connectivity index (χ1) is 12.6. The predicted molar refractivity (Wildman–Crippen MR) is 101 cm³/mol. The first kappa shape index (κ1) is 17.1. The van der Waals surface area contributed by atoms with E-state index >= 15 is 0 Å². The van der Waals surface area contributed by atoms with E-state index in [2.05, 4.69) is 11.1 Å². The van der Waals surface area contributed by atoms with Gasteiger partial charge in [-0.15, -0.1) is 0 Å². The number of nitrogens with two attached hydrogens (primary N) is 1. The van der Waals surface area contributed by atoms with Gasteiger partial charge >= 0.3 is 0 Å². The van der Waals surface area contributed by atoms with E-state index in [1.54, 1.807) is 0 Å². The van der Waals surface area contributed by atoms with Crippen LogP contribution in [0.3, 0.4) is 0 Å². The van der Waals surface area contributed by atoms with Crippen LogP contribution in [0.2, 0.25) is 0 Å². The van der Waals surface area contributed by atoms with Gasteiger partial charge in [0.1, 0.15) is 0 Å². The van der Waals surface area contributed by atoms with Crippen molar-refractivity contribution in [3.05, 3.63) is 36.0 Å². The van der Waals surface area contributed by atoms with Crippen molar-refractivity contribution < 1.29 is 9.59 Å². The average molecular weight is 353 g/mol. The minimum atomic E-state index is -0.504. The second-order valence-electron chi connectivity index (χ2n) is 8.07. The smallest absolute Gasteiger partial charge is 0.225 e. The van der Waals surface area contributed by atoms with E-state index in [0.717, 1.165) is 31.3 Å². The number of carbonyl (C=O) groups is 2. The van der Waals surface area contributed by atoms with Crippen LogP contribution in [0.25, 0.3) is 10.9 Å². The number of carbonyl (C=O) groups excluding carboxylic acids is 2. The Morgan fingerprint density at radius 3 is 2.85 bits per heavy atom. The van der Waals surface area contributed by atoms with Gasteiger partial charge in [0, 0.05) is 36.6 Å². The number of para-hydroxylation sites is 1. The Morgan fingerprint density at radius 2 is 2.08 bits per heavy atom. The van der Waals surface area contributed by atoms with Crippen molar-refractivity contribution in [2.75, 3.05) is 13.1 Å². The molecule has 1 aromatic heterocycles. The molecule has 138 valence electrons. The molecule has 2 aromatic rings. The number of H-pyrrole nitrogens is 1. The van der Waals surface area contributed by atoms with Crippen LogP contribution in [0, 0.1) is 11.3 Å². The number of aromatic nitrogens is 1. The summed E-state index contributed by atoms with van der Waals surface area (Å²) in [5.41, 5.74) is 7.54. The van der Waals surface area contributed by atoms with Crippen LogP contribution in [-0.2, 0) is 16.0 Å². The molecular formula is C21H27N3O2. The molecule has 0 spiro atoms. The Hall–Kier alpha value is -2.30. The monoisotopic (exact) mass is 353 g/mol. The number of aryl methyl sites for hydroxylation is 1. The van der Waals surface area contributed by atoms with Crippen molar-refractivity contribution in [3.63, 3.8) is 0 Å². The second-order valence-corrected chi connectivity index (χ2v) is 8.07. The molecule has 4 rings (SSSR count). The largest absolute Gasteiger partial charge is 0.369 e. The molecule has 1 aromatic carbocycles. The van der Waals surface area contributed by atoms with Gasteiger partial charge in [-0.2, -0.15) is 0 Å². The molecule has 2 fully saturated rings. The van der Waals surface area contributed by atoms with E-state index in [4.69, 9.17) is 5.73 Å². The number of hydrogen-bond acceptors (Lipinski definition) is 2. The van der Waals surface area contributed by atoms with Gasteiger partial charge in [-0.3, -0.25) is 9.59 Å². The Balaban J connectivity index is 1.41. The third-order valence-electron chi connectivity index (χ3n) is 6.11. The topological polar surface area (TPSA) is 79.2 Å². The molecular weight excluding hydrogens is 326 g/mol. The van der Waals surface area contributed by atoms with Crippen LogP contribution in [-0.4, -0.2) is 34.8 Å². The molecule has 0 radical (unpaired) electrons. The molecule has 5 heteroatoms. The van der Waals surface area contributed by atoms with Gasteiger partial charge in [-0.1, -0.05) is 31.0 Å². The molecule has 1 atom stereocenters. The van der Waals surface area contributed by atoms with Crippen LogP contribution in [0.15, 0.2) is 30.5 Å². The maximum atomic E-state index is 12.8. The van der Waals surface area contributed by atoms with Crippen molar-refractivity contribution in [2.24, 2.45) is 17.1 Å². The summed E-state index contributed by atoms with van der Waals surface area (Å²) in [6, 6.07) is 8.15. The number of fused-ring (bicyclic) bond motifs is 1. The maximum absolute atomic E-state index is 12.8. The zero-order valence-corrected chi connectivity index (χ0v) is 15.2. The third kappa shape index (κ3) is 3.35. The fourth-order valence-corrected chi connectivity index (χ4v) is 4.43. The molecule has 2 aliphatic rings. The SMILES string of the molecule is NC(=O)C1(CC2CC2)CCCN(C(=O)CCc2c[nH]c3ccccc23)C1. The minimum Gasteiger partial charge on any atom is -0.369 e. The number of nitrogens with zero attached hydrogens (tertiary/aromatic N) is 1. The highest BCUT2D eigenvalue weighted by molar-refractivity contribution is 5.85. The first-order valence-corrected chi connectivity index (χ1v) is 9.70. The van der Waals surface area contributed by atoms with Crippen LogP contribution in [0.5, 0.6) is 0 Å². The number of likely N-dealkylation sites (tertiary alicyclic amines) is 1. The third-order valence-corrected chi connectivity index (χ3v) is 6.11. The number of nitrogens with one attached hydrogen (secondary N) is 1. The minimum absolute atomic E-state index is 0.136. The van der Waals surface area contributed by atoms with Crippen LogP contribution in [0.1, 0.15) is 44.1 Å². The van der Waals surface area contributed by atoms with Crippen LogP contribution in [0.4, 0.5) is 0 Å². The van der Waals surface area contributed by atoms with Crippen LogP contribution >= 0.6 is 0 Å². The molecule has 5 nitrogen and oxygen atoms in total. The number of hydrogen-bond donors (Lipinski definition) is 2. The molecule has 1 aliphatic carbocycles. The van der Waals surface area contributed by atoms with Crippen molar-refractivity contribution in [2.45, 2.75) is 44.9 Å². The molecule has 1 saturated carbocycles. The van der Waals surface area contributed by atoms with Crippen molar-refractivity contribution in [1.29, 1.82) is 0 Å². The fraction of sp³-hybridized carbons (Fsp3) is 0.524. The Morgan fingerprint density at radius 1 is 1.27 bits per heavy atom. The van der Waals surface area contributed by atoms with E-state index in [-0.39, 0.29) is 11.8 Å². The lowest BCUT2D eigenvalue weighted by Crippen LogP contribution is -2.52. The van der Waals surface area contributed by atoms with Gasteiger partial charge in [0.25, 0.3) is 0 Å². The number of primary amides is 1. The quantitative estimate of drug-likeness (QED) is 0.837. The van der Waals surface area contributed by atoms with Crippen molar-refractivity contribution >= 4 is 22.7 Å². The number of rotatable bonds is 6. The van der Waals surface area contributed by atoms with E-state index in [1.807, 2.05) is 29.3 Å². The van der Waals surface area contributed by atoms with Gasteiger partial charge < -0.3 is 15.6 Å². The van der Waals surface area contributed by atoms with E-state index in [0.29, 0.717) is 25.3 Å². The standard InChI is InChI=1S/C21H27N3O2/c22-20(26)21(12-15-6-7-15)10-3-11-24(14-21)19(25)9-8-16-13-23-18-5-2-1-4-17(16)18/h1-2,4-5,13,15,23H,3,6-12,14H2,(H2,22,26). The summed E-state index contributed by atoms with van der Waals surface area (Å²) >= 11 is 0. The zero-order valence-electron chi connectivity index (χ0n) is 15.2. The average Bonchev–Trinajstić information content (AvgIpc) is 3.36. The highest BCUT2D eigenvalue weighted by Gasteiger charge is 2.45. The molecule has 2 amide bonds. The van der Waals surface area contributed by atoms with E-state index in [1.165, 1.54) is 23.8 Å². The number of amides is 2. The lowest BCUT2D eigenvalue weighted by Gasteiger charge is -2.41. The summed E-state index contributed by atoms with van der Waals surface area (Å²) in [4.78, 5) is 30.1. The maximum Gasteiger partial charge on any atom is 0.225 e. The summed E-state index contributed by atoms with van der Waals surface area (Å²) in [5.74, 6) is 0.540. The number of piperidine rings is 1. The van der Waals surface area contributed by atoms with Crippen LogP contribution < -0.4 is 5.73 Å². The summed E-state index contributed by atoms with van der Waals surface area (Å²) in [5, 5.41) is 1.18. The normalized spacial score (nSPS) is 23.3. The first-order valence-electron chi connectivity index (χ1n) is 9.70. The summed E-state index contributed by atoms with van der Waals surface area (Å²) in [7, 11) is 0. The lowest BCUT2D eigenvalue weighted by molar-refractivity contribution is -0.140. The summed E-state index contributed by atoms with van der Waals surface area (Å²) in [6.07, 6.45) is 8.13. The molecule has 1 saturated heterocycles. The van der Waals surface area contributed by atoms with E-state index in [9.17, 15) is 9.59 Å². The highest BCUT2D eigenvalue weighted by Crippen LogP contribution is 2.44. The lowest BCUT2D eigenvalue weighted by atomic mass is 9.75. The Labute approximate surface area is 153 Å². The summed E-state index contributed by atoms with van der Waals surface area (Å²) in [6.45, 7) is 1.25.